The van der Waals surface area contributed by atoms with E-state index in [0.29, 0.717) is 143 Å². The monoisotopic (exact) mass is 2070 g/mol. The third-order valence-electron chi connectivity index (χ3n) is 23.1. The van der Waals surface area contributed by atoms with Crippen LogP contribution in [0.3, 0.4) is 0 Å². The molecule has 8 N–H and O–H groups in total. The predicted molar refractivity (Wildman–Crippen MR) is 570 cm³/mol. The number of hydrogen-bond acceptors (Lipinski definition) is 20. The molecule has 10 aromatic rings. The van der Waals surface area contributed by atoms with Crippen molar-refractivity contribution in [1.29, 1.82) is 0 Å². The number of anilines is 5. The van der Waals surface area contributed by atoms with Crippen LogP contribution >= 0.6 is 58.0 Å². The van der Waals surface area contributed by atoms with Crippen molar-refractivity contribution in [3.63, 3.8) is 0 Å². The summed E-state index contributed by atoms with van der Waals surface area (Å²) < 4.78 is 103. The van der Waals surface area contributed by atoms with Crippen molar-refractivity contribution in [2.75, 3.05) is 139 Å². The van der Waals surface area contributed by atoms with Gasteiger partial charge in [-0.3, -0.25) is 54.8 Å². The molecule has 0 bridgehead atoms. The van der Waals surface area contributed by atoms with Gasteiger partial charge in [-0.2, -0.15) is 0 Å². The van der Waals surface area contributed by atoms with Crippen LogP contribution in [0, 0.1) is 0 Å². The topological polar surface area (TPSA) is 325 Å². The lowest BCUT2D eigenvalue weighted by molar-refractivity contribution is 0.0984. The number of nitrogens with one attached hydrogen (secondary N) is 6. The molecule has 5 atom stereocenters. The minimum Gasteiger partial charge on any atom is -0.491 e. The summed E-state index contributed by atoms with van der Waals surface area (Å²) in [6.45, 7) is 10.5. The fraction of sp³-hybridized carbons (Fsp3) is 0.223. The number of piperazine rings is 1. The number of alkyl halides is 1. The van der Waals surface area contributed by atoms with Crippen LogP contribution in [0.5, 0.6) is 28.7 Å². The predicted octanol–water partition coefficient (Wildman–Crippen LogP) is 18.6. The van der Waals surface area contributed by atoms with Gasteiger partial charge < -0.3 is 66.2 Å². The highest BCUT2D eigenvalue weighted by Crippen LogP contribution is 2.39. The van der Waals surface area contributed by atoms with Gasteiger partial charge in [0.2, 0.25) is 0 Å². The Labute approximate surface area is 835 Å². The number of carbonyl (C=O) groups excluding carboxylic acids is 5. The molecule has 0 radical (unpaired) electrons. The first-order chi connectivity index (χ1) is 66.5. The van der Waals surface area contributed by atoms with Crippen molar-refractivity contribution in [2.24, 2.45) is 5.73 Å². The number of benzene rings is 10. The highest BCUT2D eigenvalue weighted by Gasteiger charge is 2.29. The van der Waals surface area contributed by atoms with Crippen LogP contribution < -0.4 is 61.3 Å². The third kappa shape index (κ3) is 27.2. The molecule has 0 aliphatic carbocycles. The molecule has 18 rings (SSSR count). The number of piperidine rings is 2. The minimum absolute atomic E-state index is 0.0702. The van der Waals surface area contributed by atoms with E-state index < -0.39 is 60.2 Å². The fourth-order valence-electron chi connectivity index (χ4n) is 15.8. The maximum Gasteiger partial charge on any atom is 0.259 e. The summed E-state index contributed by atoms with van der Waals surface area (Å²) in [6.07, 6.45) is 14.5. The van der Waals surface area contributed by atoms with E-state index in [0.717, 1.165) is 106 Å². The SMILES string of the molecule is C=S1(=O)C=Cc2ccc(NC(=O)c3cc(Cl)ccc3OC3CCN(C)CC3)cc21.C=S1(=O)C=Cc2ccc(NC(=O)c3cc(Cl)ccc3OCCF)cc21.C=S1(=O)C=Cc2ccc(NC(=O)c3cc(Cl)ccc3OCCN)cc21.C=S1(=O)C=Cc2ccc(NC(=O)c3cc(Cl)ccc3OCCN3CCCCC3)cc21.C=S1(=O)C=Cc2ccc(NC(=O)c3cc(Cl)ccc3OCCN3CCNCC3)cc21. The van der Waals surface area contributed by atoms with E-state index in [-0.39, 0.29) is 54.3 Å². The average Bonchev–Trinajstić information content (AvgIpc) is 1.64. The molecule has 8 aliphatic heterocycles. The van der Waals surface area contributed by atoms with Gasteiger partial charge in [-0.1, -0.05) is 94.8 Å². The zero-order valence-corrected chi connectivity index (χ0v) is 83.8. The number of hydrogen-bond donors (Lipinski definition) is 7. The van der Waals surface area contributed by atoms with Crippen LogP contribution in [-0.2, 0) is 47.6 Å². The van der Waals surface area contributed by atoms with Gasteiger partial charge >= 0.3 is 0 Å². The molecule has 5 amide bonds. The lowest BCUT2D eigenvalue weighted by Gasteiger charge is -2.29. The zero-order valence-electron chi connectivity index (χ0n) is 75.9. The number of amides is 5. The van der Waals surface area contributed by atoms with Crippen molar-refractivity contribution in [3.8, 4) is 28.7 Å². The minimum atomic E-state index is -2.47. The summed E-state index contributed by atoms with van der Waals surface area (Å²) in [5, 5.41) is 27.5. The van der Waals surface area contributed by atoms with Gasteiger partial charge in [0.25, 0.3) is 29.5 Å². The smallest absolute Gasteiger partial charge is 0.259 e. The lowest BCUT2D eigenvalue weighted by atomic mass is 10.1. The quantitative estimate of drug-likeness (QED) is 0.0248. The third-order valence-corrected chi connectivity index (χ3v) is 32.7. The first-order valence-electron chi connectivity index (χ1n) is 44.3. The molecular weight excluding hydrogens is 1970 g/mol. The Morgan fingerprint density at radius 1 is 0.367 bits per heavy atom. The molecule has 728 valence electrons. The van der Waals surface area contributed by atoms with Gasteiger partial charge in [-0.25, -0.2) is 4.39 Å². The number of fused-ring (bicyclic) bond motifs is 5. The molecule has 3 fully saturated rings. The number of ether oxygens (including phenoxy) is 5. The summed E-state index contributed by atoms with van der Waals surface area (Å²) in [4.78, 5) is 74.1. The van der Waals surface area contributed by atoms with E-state index in [1.165, 1.54) is 37.5 Å². The Bertz CT molecular complexity index is 6830. The summed E-state index contributed by atoms with van der Waals surface area (Å²) >= 11 is 30.4. The molecule has 25 nitrogen and oxygen atoms in total. The summed E-state index contributed by atoms with van der Waals surface area (Å²) in [5.41, 5.74) is 13.9. The van der Waals surface area contributed by atoms with Crippen molar-refractivity contribution in [2.45, 2.75) is 62.7 Å². The number of halogens is 6. The number of nitrogens with two attached hydrogens (primary N) is 1. The van der Waals surface area contributed by atoms with Crippen molar-refractivity contribution in [3.05, 3.63) is 290 Å². The average molecular weight is 2080 g/mol. The molecule has 8 aliphatic rings. The summed E-state index contributed by atoms with van der Waals surface area (Å²) in [7, 11) is -10.2. The molecule has 8 heterocycles. The maximum absolute atomic E-state index is 13.0. The van der Waals surface area contributed by atoms with Gasteiger partial charge in [-0.15, -0.1) is 0 Å². The first-order valence-corrected chi connectivity index (χ1v) is 55.1. The van der Waals surface area contributed by atoms with Crippen LogP contribution in [0.2, 0.25) is 25.1 Å². The Hall–Kier alpha value is -11.5. The van der Waals surface area contributed by atoms with Crippen molar-refractivity contribution < 1.29 is 73.1 Å². The van der Waals surface area contributed by atoms with Crippen LogP contribution in [0.1, 0.15) is 112 Å². The fourth-order valence-corrected chi connectivity index (χ4v) is 23.5. The number of rotatable bonds is 26. The van der Waals surface area contributed by atoms with Gasteiger partial charge in [-0.05, 0) is 312 Å². The van der Waals surface area contributed by atoms with Crippen LogP contribution in [-0.4, -0.2) is 213 Å². The number of likely N-dealkylation sites (tertiary alicyclic amines) is 2. The molecular formula is C103H104Cl5FN10O15S5. The molecule has 139 heavy (non-hydrogen) atoms. The van der Waals surface area contributed by atoms with E-state index in [2.05, 4.69) is 83.0 Å². The highest BCUT2D eigenvalue weighted by atomic mass is 35.5. The molecule has 0 aromatic heterocycles. The number of nitrogens with zero attached hydrogens (tertiary/aromatic N) is 3. The number of carbonyl (C=O) groups is 5. The van der Waals surface area contributed by atoms with E-state index >= 15 is 0 Å². The lowest BCUT2D eigenvalue weighted by Crippen LogP contribution is -2.44. The standard InChI is InChI=1S/C23H25ClN2O3S.C22H24ClN3O3S.C22H23ClN2O3S.C18H15ClFNO3S.C18H17ClN2O3S/c1-30(28)14-9-17-5-7-19(16-22(17)30)25-23(27)20-15-18(24)6-8-21(20)29-13-12-26-10-3-2-4-11-26;1-30(28)13-6-16-2-4-18(15-21(16)30)25-22(27)19-14-17(23)3-5-20(19)29-12-11-26-9-7-24-8-10-26;1-25-10-7-18(8-11-25)28-20-6-4-16(23)13-19(20)22(26)24-17-5-3-15-9-12-29(2,27)21(15)14-17;2*1-25(23)9-6-12-2-4-14(11-17(12)25)21-18(22)15-10-13(19)3-5-16(15)24-8-7-20/h5-9,14-16H,1-4,10-13H2,(H,25,27);2-6,13-15,24H,1,7-12H2,(H,25,27);3-6,9,12-14,18H,2,7-8,10-11H2,1H3,(H,24,26);2-6,9-11H,1,7-8H2,(H,21,22);2-6,9-11H,1,7-8,20H2,(H,21,22). The second-order valence-electron chi connectivity index (χ2n) is 33.4. The van der Waals surface area contributed by atoms with Crippen LogP contribution in [0.25, 0.3) is 30.4 Å². The van der Waals surface area contributed by atoms with E-state index in [1.807, 2.05) is 18.2 Å². The van der Waals surface area contributed by atoms with E-state index in [9.17, 15) is 49.4 Å². The Morgan fingerprint density at radius 3 is 0.921 bits per heavy atom. The van der Waals surface area contributed by atoms with Gasteiger partial charge in [0.1, 0.15) is 68.0 Å². The van der Waals surface area contributed by atoms with E-state index in [1.54, 1.807) is 203 Å². The molecule has 0 saturated carbocycles. The van der Waals surface area contributed by atoms with Crippen LogP contribution in [0.4, 0.5) is 32.8 Å². The van der Waals surface area contributed by atoms with E-state index in [4.69, 9.17) is 87.4 Å². The van der Waals surface area contributed by atoms with Crippen molar-refractivity contribution >= 4 is 223 Å². The largest absolute Gasteiger partial charge is 0.491 e. The maximum atomic E-state index is 13.0. The summed E-state index contributed by atoms with van der Waals surface area (Å²) in [6, 6.07) is 50.7. The second-order valence-corrected chi connectivity index (χ2v) is 46.4. The molecule has 3 saturated heterocycles. The molecule has 10 aromatic carbocycles. The van der Waals surface area contributed by atoms with Crippen LogP contribution in [0.15, 0.2) is 234 Å². The Kier molecular flexibility index (Phi) is 34.4. The van der Waals surface area contributed by atoms with Gasteiger partial charge in [0, 0.05) is 185 Å². The zero-order chi connectivity index (χ0) is 98.9. The van der Waals surface area contributed by atoms with Gasteiger partial charge in [0.15, 0.2) is 0 Å². The normalized spacial score (nSPS) is 19.9. The van der Waals surface area contributed by atoms with Crippen molar-refractivity contribution in [1.82, 2.24) is 20.0 Å². The Morgan fingerprint density at radius 2 is 0.633 bits per heavy atom. The molecule has 36 heteroatoms. The highest BCUT2D eigenvalue weighted by molar-refractivity contribution is 8.04. The van der Waals surface area contributed by atoms with Gasteiger partial charge in [0.05, 0.1) is 27.8 Å². The Balaban J connectivity index is 0.000000139. The molecule has 0 spiro atoms. The second kappa shape index (κ2) is 46.3. The molecule has 5 unspecified atom stereocenters. The first kappa shape index (κ1) is 103. The summed E-state index contributed by atoms with van der Waals surface area (Å²) in [5.74, 6) is 19.1.